The Morgan fingerprint density at radius 3 is 2.79 bits per heavy atom. The van der Waals surface area contributed by atoms with Crippen molar-refractivity contribution in [3.8, 4) is 11.4 Å². The molecule has 1 aromatic carbocycles. The normalized spacial score (nSPS) is 19.2. The number of carbonyl (C=O) groups excluding carboxylic acids is 1. The number of likely N-dealkylation sites (tertiary alicyclic amines) is 1. The molecule has 1 saturated heterocycles. The summed E-state index contributed by atoms with van der Waals surface area (Å²) in [5, 5.41) is 4.09. The van der Waals surface area contributed by atoms with E-state index in [9.17, 15) is 17.6 Å². The minimum absolute atomic E-state index is 0.0395. The van der Waals surface area contributed by atoms with Crippen LogP contribution in [0.25, 0.3) is 11.4 Å². The highest BCUT2D eigenvalue weighted by Gasteiger charge is 2.34. The highest BCUT2D eigenvalue weighted by molar-refractivity contribution is 7.92. The van der Waals surface area contributed by atoms with E-state index in [-0.39, 0.29) is 29.2 Å². The number of hydrogen-bond acceptors (Lipinski definition) is 7. The molecule has 2 aromatic rings. The average molecular weight is 446 g/mol. The summed E-state index contributed by atoms with van der Waals surface area (Å²) < 4.78 is 43.5. The Balaban J connectivity index is 1.75. The van der Waals surface area contributed by atoms with Crippen LogP contribution in [-0.4, -0.2) is 60.9 Å². The molecule has 158 valence electrons. The van der Waals surface area contributed by atoms with Crippen LogP contribution in [0.1, 0.15) is 25.2 Å². The number of amides is 1. The first-order valence-electron chi connectivity index (χ1n) is 8.85. The van der Waals surface area contributed by atoms with E-state index < -0.39 is 28.2 Å². The predicted octanol–water partition coefficient (Wildman–Crippen LogP) is 1.76. The van der Waals surface area contributed by atoms with Crippen molar-refractivity contribution in [3.63, 3.8) is 0 Å². The van der Waals surface area contributed by atoms with Crippen LogP contribution in [0, 0.1) is 0 Å². The zero-order valence-corrected chi connectivity index (χ0v) is 17.4. The topological polar surface area (TPSA) is 131 Å². The lowest BCUT2D eigenvalue weighted by Gasteiger charge is -2.22. The van der Waals surface area contributed by atoms with Crippen LogP contribution in [0.15, 0.2) is 22.7 Å². The zero-order chi connectivity index (χ0) is 21.3. The number of sulfonamides is 1. The number of nitrogens with two attached hydrogens (primary N) is 1. The molecule has 0 unspecified atom stereocenters. The van der Waals surface area contributed by atoms with Crippen molar-refractivity contribution < 1.29 is 22.1 Å². The number of nitrogens with one attached hydrogen (secondary N) is 1. The molecular formula is C17H21ClFN5O4S. The maximum atomic E-state index is 13.3. The van der Waals surface area contributed by atoms with E-state index in [0.29, 0.717) is 24.2 Å². The SMILES string of the molecule is C[C@H](c1nc(-c2ccc(NS(C)(=O)=O)cc2Cl)no1)[C@H](N)C(=O)N1CC[C@H](F)C1. The minimum atomic E-state index is -3.44. The standard InChI is InChI=1S/C17H21ClFN5O4S/c1-9(14(20)17(25)24-6-5-10(19)8-24)16-21-15(22-28-16)12-4-3-11(7-13(12)18)23-29(2,26)27/h3-4,7,9-10,14,23H,5-6,8,20H2,1-2H3/t9-,10-,14-/m0/s1. The van der Waals surface area contributed by atoms with Crippen LogP contribution < -0.4 is 10.5 Å². The van der Waals surface area contributed by atoms with Crippen LogP contribution >= 0.6 is 11.6 Å². The van der Waals surface area contributed by atoms with E-state index in [1.54, 1.807) is 13.0 Å². The van der Waals surface area contributed by atoms with Crippen LogP contribution in [0.3, 0.4) is 0 Å². The summed E-state index contributed by atoms with van der Waals surface area (Å²) in [6.07, 6.45) is 0.307. The number of benzene rings is 1. The van der Waals surface area contributed by atoms with Gasteiger partial charge in [0.25, 0.3) is 0 Å². The summed E-state index contributed by atoms with van der Waals surface area (Å²) in [4.78, 5) is 18.1. The maximum Gasteiger partial charge on any atom is 0.240 e. The highest BCUT2D eigenvalue weighted by Crippen LogP contribution is 2.30. The van der Waals surface area contributed by atoms with Crippen LogP contribution in [0.5, 0.6) is 0 Å². The second-order valence-electron chi connectivity index (χ2n) is 7.01. The van der Waals surface area contributed by atoms with Gasteiger partial charge in [-0.2, -0.15) is 4.98 Å². The lowest BCUT2D eigenvalue weighted by atomic mass is 10.0. The molecule has 3 N–H and O–H groups in total. The summed E-state index contributed by atoms with van der Waals surface area (Å²) in [6.45, 7) is 2.04. The van der Waals surface area contributed by atoms with Gasteiger partial charge in [-0.1, -0.05) is 23.7 Å². The van der Waals surface area contributed by atoms with Crippen molar-refractivity contribution in [3.05, 3.63) is 29.1 Å². The molecule has 29 heavy (non-hydrogen) atoms. The zero-order valence-electron chi connectivity index (χ0n) is 15.8. The van der Waals surface area contributed by atoms with Gasteiger partial charge >= 0.3 is 0 Å². The van der Waals surface area contributed by atoms with Gasteiger partial charge < -0.3 is 15.2 Å². The van der Waals surface area contributed by atoms with Crippen molar-refractivity contribution in [2.75, 3.05) is 24.1 Å². The molecular weight excluding hydrogens is 425 g/mol. The van der Waals surface area contributed by atoms with Gasteiger partial charge in [-0.25, -0.2) is 12.8 Å². The molecule has 1 aromatic heterocycles. The first-order chi connectivity index (χ1) is 13.5. The second kappa shape index (κ2) is 8.25. The summed E-state index contributed by atoms with van der Waals surface area (Å²) in [5.74, 6) is -0.641. The molecule has 3 rings (SSSR count). The Hall–Kier alpha value is -2.24. The van der Waals surface area contributed by atoms with Gasteiger partial charge in [-0.3, -0.25) is 9.52 Å². The van der Waals surface area contributed by atoms with Gasteiger partial charge in [0.15, 0.2) is 0 Å². The Morgan fingerprint density at radius 1 is 1.48 bits per heavy atom. The molecule has 0 saturated carbocycles. The van der Waals surface area contributed by atoms with Crippen molar-refractivity contribution in [2.24, 2.45) is 5.73 Å². The van der Waals surface area contributed by atoms with Gasteiger partial charge in [0.2, 0.25) is 27.6 Å². The van der Waals surface area contributed by atoms with Crippen LogP contribution in [-0.2, 0) is 14.8 Å². The van der Waals surface area contributed by atoms with E-state index in [0.717, 1.165) is 6.26 Å². The molecule has 0 aliphatic carbocycles. The fraction of sp³-hybridized carbons (Fsp3) is 0.471. The molecule has 9 nitrogen and oxygen atoms in total. The Labute approximate surface area is 172 Å². The lowest BCUT2D eigenvalue weighted by molar-refractivity contribution is -0.132. The number of aromatic nitrogens is 2. The summed E-state index contributed by atoms with van der Waals surface area (Å²) in [5.41, 5.74) is 6.76. The minimum Gasteiger partial charge on any atom is -0.339 e. The largest absolute Gasteiger partial charge is 0.339 e. The smallest absolute Gasteiger partial charge is 0.240 e. The second-order valence-corrected chi connectivity index (χ2v) is 9.17. The Bertz CT molecular complexity index is 1020. The molecule has 2 heterocycles. The highest BCUT2D eigenvalue weighted by atomic mass is 35.5. The third-order valence-corrected chi connectivity index (χ3v) is 5.53. The maximum absolute atomic E-state index is 13.3. The van der Waals surface area contributed by atoms with E-state index in [4.69, 9.17) is 21.9 Å². The molecule has 3 atom stereocenters. The van der Waals surface area contributed by atoms with E-state index in [1.807, 2.05) is 0 Å². The van der Waals surface area contributed by atoms with E-state index in [2.05, 4.69) is 14.9 Å². The average Bonchev–Trinajstić information content (AvgIpc) is 3.28. The van der Waals surface area contributed by atoms with E-state index >= 15 is 0 Å². The Morgan fingerprint density at radius 2 is 2.21 bits per heavy atom. The molecule has 12 heteroatoms. The number of anilines is 1. The monoisotopic (exact) mass is 445 g/mol. The predicted molar refractivity (Wildman–Crippen MR) is 106 cm³/mol. The molecule has 0 bridgehead atoms. The van der Waals surface area contributed by atoms with Crippen LogP contribution in [0.4, 0.5) is 10.1 Å². The number of nitrogens with zero attached hydrogens (tertiary/aromatic N) is 3. The van der Waals surface area contributed by atoms with Gasteiger partial charge in [-0.05, 0) is 24.6 Å². The van der Waals surface area contributed by atoms with Crippen molar-refractivity contribution in [1.82, 2.24) is 15.0 Å². The first kappa shape index (κ1) is 21.5. The number of alkyl halides is 1. The molecule has 1 fully saturated rings. The van der Waals surface area contributed by atoms with Gasteiger partial charge in [0.05, 0.1) is 29.8 Å². The van der Waals surface area contributed by atoms with Gasteiger partial charge in [-0.15, -0.1) is 0 Å². The first-order valence-corrected chi connectivity index (χ1v) is 11.1. The van der Waals surface area contributed by atoms with E-state index in [1.165, 1.54) is 17.0 Å². The van der Waals surface area contributed by atoms with Crippen LogP contribution in [0.2, 0.25) is 5.02 Å². The van der Waals surface area contributed by atoms with Crippen molar-refractivity contribution in [2.45, 2.75) is 31.5 Å². The fourth-order valence-corrected chi connectivity index (χ4v) is 3.82. The third kappa shape index (κ3) is 5.03. The molecule has 1 amide bonds. The molecule has 0 spiro atoms. The van der Waals surface area contributed by atoms with Crippen molar-refractivity contribution >= 4 is 33.2 Å². The quantitative estimate of drug-likeness (QED) is 0.692. The van der Waals surface area contributed by atoms with Gasteiger partial charge in [0.1, 0.15) is 6.17 Å². The summed E-state index contributed by atoms with van der Waals surface area (Å²) in [6, 6.07) is 3.53. The molecule has 0 radical (unpaired) electrons. The third-order valence-electron chi connectivity index (χ3n) is 4.61. The summed E-state index contributed by atoms with van der Waals surface area (Å²) >= 11 is 6.22. The summed E-state index contributed by atoms with van der Waals surface area (Å²) in [7, 11) is -3.44. The number of hydrogen-bond donors (Lipinski definition) is 2. The molecule has 1 aliphatic rings. The lowest BCUT2D eigenvalue weighted by Crippen LogP contribution is -2.45. The number of rotatable bonds is 6. The Kier molecular flexibility index (Phi) is 6.11. The van der Waals surface area contributed by atoms with Gasteiger partial charge in [0, 0.05) is 17.8 Å². The number of carbonyl (C=O) groups is 1. The fourth-order valence-electron chi connectivity index (χ4n) is 3.00. The molecule has 1 aliphatic heterocycles. The number of halogens is 2. The van der Waals surface area contributed by atoms with Crippen molar-refractivity contribution in [1.29, 1.82) is 0 Å².